The summed E-state index contributed by atoms with van der Waals surface area (Å²) in [5.41, 5.74) is 6.53. The highest BCUT2D eigenvalue weighted by atomic mass is 35.5. The van der Waals surface area contributed by atoms with Gasteiger partial charge in [0.1, 0.15) is 0 Å². The van der Waals surface area contributed by atoms with Crippen LogP contribution in [-0.4, -0.2) is 16.4 Å². The van der Waals surface area contributed by atoms with E-state index in [1.54, 1.807) is 0 Å². The van der Waals surface area contributed by atoms with Crippen molar-refractivity contribution in [2.45, 2.75) is 18.9 Å². The van der Waals surface area contributed by atoms with Crippen LogP contribution in [0, 0.1) is 0 Å². The van der Waals surface area contributed by atoms with Crippen LogP contribution in [0.5, 0.6) is 0 Å². The summed E-state index contributed by atoms with van der Waals surface area (Å²) in [6.45, 7) is 0.993. The summed E-state index contributed by atoms with van der Waals surface area (Å²) in [7, 11) is 0. The lowest BCUT2D eigenvalue weighted by Crippen LogP contribution is -2.32. The van der Waals surface area contributed by atoms with Gasteiger partial charge in [-0.1, -0.05) is 78.3 Å². The third-order valence-corrected chi connectivity index (χ3v) is 6.00. The first-order valence-electron chi connectivity index (χ1n) is 10.1. The first kappa shape index (κ1) is 18.1. The molecule has 0 amide bonds. The van der Waals surface area contributed by atoms with Crippen LogP contribution in [0.1, 0.15) is 28.4 Å². The van der Waals surface area contributed by atoms with Gasteiger partial charge in [-0.15, -0.1) is 0 Å². The summed E-state index contributed by atoms with van der Waals surface area (Å²) in [6, 6.07) is 27.6. The SMILES string of the molecule is Clc1ccc(C2c3[nH]c4ccccc4c3CCN2C=CCc2ccccc2)cc1. The van der Waals surface area contributed by atoms with Crippen LogP contribution in [0.4, 0.5) is 0 Å². The van der Waals surface area contributed by atoms with Crippen molar-refractivity contribution in [3.05, 3.63) is 119 Å². The van der Waals surface area contributed by atoms with E-state index >= 15 is 0 Å². The number of nitrogens with zero attached hydrogens (tertiary/aromatic N) is 1. The molecule has 2 heterocycles. The van der Waals surface area contributed by atoms with Gasteiger partial charge in [-0.25, -0.2) is 0 Å². The molecule has 1 N–H and O–H groups in total. The summed E-state index contributed by atoms with van der Waals surface area (Å²) >= 11 is 6.17. The molecule has 4 aromatic rings. The van der Waals surface area contributed by atoms with Crippen molar-refractivity contribution in [2.24, 2.45) is 0 Å². The molecule has 0 fully saturated rings. The molecule has 1 aromatic heterocycles. The molecule has 1 unspecified atom stereocenters. The maximum atomic E-state index is 6.17. The Bertz CT molecular complexity index is 1140. The minimum absolute atomic E-state index is 0.162. The fourth-order valence-electron chi connectivity index (χ4n) is 4.36. The van der Waals surface area contributed by atoms with Crippen LogP contribution in [0.3, 0.4) is 0 Å². The first-order chi connectivity index (χ1) is 14.3. The molecule has 0 spiro atoms. The normalized spacial score (nSPS) is 16.4. The van der Waals surface area contributed by atoms with Gasteiger partial charge in [0.25, 0.3) is 0 Å². The molecule has 144 valence electrons. The minimum Gasteiger partial charge on any atom is -0.365 e. The summed E-state index contributed by atoms with van der Waals surface area (Å²) < 4.78 is 0. The Balaban J connectivity index is 1.53. The average molecular weight is 399 g/mol. The van der Waals surface area contributed by atoms with Crippen molar-refractivity contribution in [2.75, 3.05) is 6.54 Å². The summed E-state index contributed by atoms with van der Waals surface area (Å²) in [4.78, 5) is 6.16. The van der Waals surface area contributed by atoms with Crippen molar-refractivity contribution in [1.82, 2.24) is 9.88 Å². The van der Waals surface area contributed by atoms with Gasteiger partial charge >= 0.3 is 0 Å². The number of allylic oxidation sites excluding steroid dienone is 1. The van der Waals surface area contributed by atoms with E-state index < -0.39 is 0 Å². The number of fused-ring (bicyclic) bond motifs is 3. The highest BCUT2D eigenvalue weighted by Crippen LogP contribution is 2.38. The number of aromatic amines is 1. The second kappa shape index (κ2) is 7.81. The fourth-order valence-corrected chi connectivity index (χ4v) is 4.49. The van der Waals surface area contributed by atoms with Crippen LogP contribution < -0.4 is 0 Å². The summed E-state index contributed by atoms with van der Waals surface area (Å²) in [5.74, 6) is 0. The van der Waals surface area contributed by atoms with Gasteiger partial charge in [0.2, 0.25) is 0 Å². The molecule has 1 aliphatic heterocycles. The molecule has 0 aliphatic carbocycles. The van der Waals surface area contributed by atoms with Gasteiger partial charge in [-0.3, -0.25) is 0 Å². The Morgan fingerprint density at radius 3 is 2.52 bits per heavy atom. The Hall–Kier alpha value is -2.97. The van der Waals surface area contributed by atoms with Crippen LogP contribution in [-0.2, 0) is 12.8 Å². The Morgan fingerprint density at radius 2 is 1.69 bits per heavy atom. The molecule has 0 radical (unpaired) electrons. The van der Waals surface area contributed by atoms with E-state index in [9.17, 15) is 0 Å². The van der Waals surface area contributed by atoms with Gasteiger partial charge in [0.05, 0.1) is 6.04 Å². The van der Waals surface area contributed by atoms with Gasteiger partial charge < -0.3 is 9.88 Å². The predicted molar refractivity (Wildman–Crippen MR) is 121 cm³/mol. The standard InChI is InChI=1S/C26H23ClN2/c27-21-14-12-20(13-15-21)26-25-23(22-10-4-5-11-24(22)28-25)16-18-29(26)17-6-9-19-7-2-1-3-8-19/h1-8,10-15,17,26,28H,9,16,18H2. The molecule has 2 nitrogen and oxygen atoms in total. The molecule has 0 bridgehead atoms. The number of hydrogen-bond donors (Lipinski definition) is 1. The Labute approximate surface area is 176 Å². The molecule has 29 heavy (non-hydrogen) atoms. The lowest BCUT2D eigenvalue weighted by Gasteiger charge is -2.35. The number of rotatable bonds is 4. The molecule has 3 aromatic carbocycles. The van der Waals surface area contributed by atoms with Crippen molar-refractivity contribution in [3.63, 3.8) is 0 Å². The summed E-state index contributed by atoms with van der Waals surface area (Å²) in [5, 5.41) is 2.11. The highest BCUT2D eigenvalue weighted by molar-refractivity contribution is 6.30. The topological polar surface area (TPSA) is 19.0 Å². The maximum Gasteiger partial charge on any atom is 0.0941 e. The zero-order valence-electron chi connectivity index (χ0n) is 16.2. The number of H-pyrrole nitrogens is 1. The van der Waals surface area contributed by atoms with E-state index in [0.29, 0.717) is 0 Å². The number of aromatic nitrogens is 1. The molecular weight excluding hydrogens is 376 g/mol. The lowest BCUT2D eigenvalue weighted by molar-refractivity contribution is 0.297. The minimum atomic E-state index is 0.162. The molecule has 0 saturated heterocycles. The van der Waals surface area contributed by atoms with Crippen LogP contribution >= 0.6 is 11.6 Å². The molecule has 3 heteroatoms. The monoisotopic (exact) mass is 398 g/mol. The first-order valence-corrected chi connectivity index (χ1v) is 10.5. The molecule has 1 atom stereocenters. The van der Waals surface area contributed by atoms with Crippen molar-refractivity contribution in [1.29, 1.82) is 0 Å². The number of hydrogen-bond acceptors (Lipinski definition) is 1. The number of nitrogens with one attached hydrogen (secondary N) is 1. The summed E-state index contributed by atoms with van der Waals surface area (Å²) in [6.07, 6.45) is 6.51. The molecular formula is C26H23ClN2. The number of halogens is 1. The third-order valence-electron chi connectivity index (χ3n) is 5.75. The van der Waals surface area contributed by atoms with Gasteiger partial charge in [-0.05, 0) is 53.9 Å². The van der Waals surface area contributed by atoms with E-state index in [0.717, 1.165) is 24.4 Å². The van der Waals surface area contributed by atoms with Crippen LogP contribution in [0.2, 0.25) is 5.02 Å². The molecule has 1 aliphatic rings. The Morgan fingerprint density at radius 1 is 0.931 bits per heavy atom. The van der Waals surface area contributed by atoms with E-state index in [2.05, 4.69) is 88.9 Å². The van der Waals surface area contributed by atoms with Crippen LogP contribution in [0.25, 0.3) is 10.9 Å². The lowest BCUT2D eigenvalue weighted by atomic mass is 9.92. The second-order valence-electron chi connectivity index (χ2n) is 7.58. The van der Waals surface area contributed by atoms with Gasteiger partial charge in [0, 0.05) is 28.2 Å². The van der Waals surface area contributed by atoms with E-state index in [-0.39, 0.29) is 6.04 Å². The van der Waals surface area contributed by atoms with E-state index in [1.807, 2.05) is 12.1 Å². The van der Waals surface area contributed by atoms with Gasteiger partial charge in [-0.2, -0.15) is 0 Å². The Kier molecular flexibility index (Phi) is 4.87. The molecule has 0 saturated carbocycles. The maximum absolute atomic E-state index is 6.17. The second-order valence-corrected chi connectivity index (χ2v) is 8.02. The van der Waals surface area contributed by atoms with Crippen molar-refractivity contribution < 1.29 is 0 Å². The zero-order valence-corrected chi connectivity index (χ0v) is 16.9. The highest BCUT2D eigenvalue weighted by Gasteiger charge is 2.29. The van der Waals surface area contributed by atoms with Gasteiger partial charge in [0.15, 0.2) is 0 Å². The zero-order chi connectivity index (χ0) is 19.6. The number of para-hydroxylation sites is 1. The van der Waals surface area contributed by atoms with E-state index in [1.165, 1.54) is 33.3 Å². The smallest absolute Gasteiger partial charge is 0.0941 e. The van der Waals surface area contributed by atoms with E-state index in [4.69, 9.17) is 11.6 Å². The quantitative estimate of drug-likeness (QED) is 0.414. The van der Waals surface area contributed by atoms with Crippen molar-refractivity contribution >= 4 is 22.5 Å². The van der Waals surface area contributed by atoms with Crippen molar-refractivity contribution in [3.8, 4) is 0 Å². The van der Waals surface area contributed by atoms with Crippen LogP contribution in [0.15, 0.2) is 91.1 Å². The average Bonchev–Trinajstić information content (AvgIpc) is 3.14. The largest absolute Gasteiger partial charge is 0.365 e. The predicted octanol–water partition coefficient (Wildman–Crippen LogP) is 6.53. The number of benzene rings is 3. The molecule has 5 rings (SSSR count). The third kappa shape index (κ3) is 3.56. The fraction of sp³-hybridized carbons (Fsp3) is 0.154.